The maximum absolute atomic E-state index is 12.8. The summed E-state index contributed by atoms with van der Waals surface area (Å²) in [6.07, 6.45) is 0. The molecule has 164 valence electrons. The summed E-state index contributed by atoms with van der Waals surface area (Å²) in [6.45, 7) is 0.0768. The fourth-order valence-corrected chi connectivity index (χ4v) is 11.4. The van der Waals surface area contributed by atoms with Gasteiger partial charge in [0.05, 0.1) is 0 Å². The number of carboxylic acids is 2. The molecule has 0 aromatic heterocycles. The van der Waals surface area contributed by atoms with E-state index < -0.39 is 47.9 Å². The molecule has 1 aliphatic rings. The molecule has 3 atom stereocenters. The van der Waals surface area contributed by atoms with Crippen molar-refractivity contribution in [2.24, 2.45) is 11.5 Å². The summed E-state index contributed by atoms with van der Waals surface area (Å²) in [5.74, 6) is -3.23. The quantitative estimate of drug-likeness (QED) is 0.247. The van der Waals surface area contributed by atoms with Gasteiger partial charge in [-0.2, -0.15) is 0 Å². The monoisotopic (exact) mass is 558 g/mol. The summed E-state index contributed by atoms with van der Waals surface area (Å²) >= 11 is -0.825. The van der Waals surface area contributed by atoms with Crippen molar-refractivity contribution >= 4 is 44.2 Å². The summed E-state index contributed by atoms with van der Waals surface area (Å²) in [5, 5.41) is 18.4. The van der Waals surface area contributed by atoms with E-state index in [0.29, 0.717) is 0 Å². The zero-order valence-electron chi connectivity index (χ0n) is 16.3. The molecular weight excluding hydrogens is 534 g/mol. The van der Waals surface area contributed by atoms with Crippen LogP contribution in [0, 0.1) is 0 Å². The summed E-state index contributed by atoms with van der Waals surface area (Å²) in [6, 6.07) is 13.4. The predicted molar refractivity (Wildman–Crippen MR) is 116 cm³/mol. The number of hydrogen-bond acceptors (Lipinski definition) is 6. The van der Waals surface area contributed by atoms with Gasteiger partial charge in [0.25, 0.3) is 0 Å². The van der Waals surface area contributed by atoms with E-state index >= 15 is 0 Å². The Morgan fingerprint density at radius 1 is 0.935 bits per heavy atom. The number of carboxylic acid groups (broad SMARTS) is 2. The van der Waals surface area contributed by atoms with Crippen molar-refractivity contribution in [3.05, 3.63) is 59.7 Å². The molecule has 2 aromatic rings. The van der Waals surface area contributed by atoms with Gasteiger partial charge in [-0.05, 0) is 0 Å². The van der Waals surface area contributed by atoms with Crippen molar-refractivity contribution < 1.29 is 29.3 Å². The van der Waals surface area contributed by atoms with Gasteiger partial charge in [0.2, 0.25) is 0 Å². The van der Waals surface area contributed by atoms with E-state index in [4.69, 9.17) is 21.3 Å². The van der Waals surface area contributed by atoms with Crippen LogP contribution >= 0.6 is 0 Å². The molecule has 0 amide bonds. The van der Waals surface area contributed by atoms with Crippen LogP contribution in [0.15, 0.2) is 48.5 Å². The molecule has 8 nitrogen and oxygen atoms in total. The molecule has 1 unspecified atom stereocenters. The number of carbonyl (C=O) groups is 3. The van der Waals surface area contributed by atoms with Gasteiger partial charge in [0, 0.05) is 0 Å². The second kappa shape index (κ2) is 10.4. The van der Waals surface area contributed by atoms with Gasteiger partial charge in [0.15, 0.2) is 0 Å². The van der Waals surface area contributed by atoms with Crippen LogP contribution in [0.25, 0.3) is 11.1 Å². The Kier molecular flexibility index (Phi) is 7.88. The van der Waals surface area contributed by atoms with E-state index in [1.807, 2.05) is 48.5 Å². The Labute approximate surface area is 190 Å². The number of aliphatic carboxylic acids is 2. The SMILES string of the molecule is N[C@H](C(=O)O)C([Se][Se]C[C@H](N)C(=O)O)C(=O)OCC1c2ccccc2-c2ccccc21. The third-order valence-corrected chi connectivity index (χ3v) is 12.9. The Morgan fingerprint density at radius 3 is 2.00 bits per heavy atom. The Balaban J connectivity index is 1.70. The second-order valence-electron chi connectivity index (χ2n) is 6.97. The van der Waals surface area contributed by atoms with E-state index in [-0.39, 0.29) is 31.0 Å². The third-order valence-electron chi connectivity index (χ3n) is 4.93. The van der Waals surface area contributed by atoms with Crippen LogP contribution in [-0.4, -0.2) is 73.1 Å². The Bertz CT molecular complexity index is 940. The minimum atomic E-state index is -1.40. The number of carbonyl (C=O) groups excluding carboxylic acids is 1. The number of rotatable bonds is 10. The van der Waals surface area contributed by atoms with Crippen molar-refractivity contribution in [3.8, 4) is 11.1 Å². The van der Waals surface area contributed by atoms with E-state index in [1.54, 1.807) is 0 Å². The van der Waals surface area contributed by atoms with E-state index in [2.05, 4.69) is 0 Å². The number of hydrogen-bond donors (Lipinski definition) is 4. The van der Waals surface area contributed by atoms with Crippen LogP contribution in [-0.2, 0) is 19.1 Å². The molecule has 0 saturated carbocycles. The maximum atomic E-state index is 12.8. The standard InChI is InChI=1S/C21H22N2O6Se2/c22-16(19(24)25)10-30-31-18(17(23)20(26)27)21(28)29-9-15-13-7-3-1-5-11(13)12-6-2-4-8-14(12)15/h1-8,15-18H,9-10,22-23H2,(H,24,25)(H,26,27)/t16-,17-,18?/m0/s1. The molecule has 0 heterocycles. The molecule has 0 saturated heterocycles. The molecule has 0 fully saturated rings. The summed E-state index contributed by atoms with van der Waals surface area (Å²) in [4.78, 5) is 34.1. The predicted octanol–water partition coefficient (Wildman–Crippen LogP) is 0.696. The fraction of sp³-hybridized carbons (Fsp3) is 0.286. The van der Waals surface area contributed by atoms with Crippen LogP contribution in [0.3, 0.4) is 0 Å². The average molecular weight is 556 g/mol. The van der Waals surface area contributed by atoms with Crippen molar-refractivity contribution in [3.63, 3.8) is 0 Å². The van der Waals surface area contributed by atoms with Gasteiger partial charge < -0.3 is 0 Å². The Hall–Kier alpha value is -2.19. The average Bonchev–Trinajstić information content (AvgIpc) is 3.08. The first-order chi connectivity index (χ1) is 14.8. The normalized spacial score (nSPS) is 15.4. The Morgan fingerprint density at radius 2 is 1.48 bits per heavy atom. The van der Waals surface area contributed by atoms with Gasteiger partial charge in [0.1, 0.15) is 0 Å². The van der Waals surface area contributed by atoms with E-state index in [0.717, 1.165) is 22.3 Å². The molecule has 0 aliphatic heterocycles. The topological polar surface area (TPSA) is 153 Å². The first kappa shape index (κ1) is 23.5. The van der Waals surface area contributed by atoms with Gasteiger partial charge in [-0.3, -0.25) is 0 Å². The molecule has 0 radical (unpaired) electrons. The number of nitrogens with two attached hydrogens (primary N) is 2. The van der Waals surface area contributed by atoms with Crippen molar-refractivity contribution in [2.45, 2.75) is 28.1 Å². The molecule has 31 heavy (non-hydrogen) atoms. The molecule has 6 N–H and O–H groups in total. The van der Waals surface area contributed by atoms with Crippen LogP contribution < -0.4 is 11.5 Å². The molecule has 0 spiro atoms. The first-order valence-electron chi connectivity index (χ1n) is 9.41. The summed E-state index contributed by atoms with van der Waals surface area (Å²) in [5.41, 5.74) is 15.6. The number of benzene rings is 2. The van der Waals surface area contributed by atoms with Gasteiger partial charge in [-0.25, -0.2) is 0 Å². The number of esters is 1. The molecule has 3 rings (SSSR count). The van der Waals surface area contributed by atoms with Crippen molar-refractivity contribution in [2.75, 3.05) is 6.61 Å². The molecule has 2 aromatic carbocycles. The van der Waals surface area contributed by atoms with Crippen LogP contribution in [0.4, 0.5) is 0 Å². The van der Waals surface area contributed by atoms with Crippen molar-refractivity contribution in [1.29, 1.82) is 0 Å². The minimum absolute atomic E-state index is 0.0768. The second-order valence-corrected chi connectivity index (χ2v) is 14.3. The fourth-order valence-electron chi connectivity index (χ4n) is 3.32. The van der Waals surface area contributed by atoms with Crippen LogP contribution in [0.2, 0.25) is 10.1 Å². The van der Waals surface area contributed by atoms with Gasteiger partial charge >= 0.3 is 191 Å². The molecule has 10 heteroatoms. The van der Waals surface area contributed by atoms with Crippen molar-refractivity contribution in [1.82, 2.24) is 0 Å². The molecular formula is C21H22N2O6Se2. The van der Waals surface area contributed by atoms with Gasteiger partial charge in [-0.15, -0.1) is 0 Å². The summed E-state index contributed by atoms with van der Waals surface area (Å²) < 4.78 is 5.57. The first-order valence-corrected chi connectivity index (χ1v) is 15.9. The zero-order chi connectivity index (χ0) is 22.5. The van der Waals surface area contributed by atoms with Gasteiger partial charge in [-0.1, -0.05) is 0 Å². The molecule has 0 bridgehead atoms. The number of ether oxygens (including phenoxy) is 1. The van der Waals surface area contributed by atoms with E-state index in [1.165, 1.54) is 0 Å². The zero-order valence-corrected chi connectivity index (χ0v) is 19.8. The summed E-state index contributed by atoms with van der Waals surface area (Å²) in [7, 11) is 0. The number of fused-ring (bicyclic) bond motifs is 3. The molecule has 1 aliphatic carbocycles. The van der Waals surface area contributed by atoms with Crippen LogP contribution in [0.1, 0.15) is 17.0 Å². The third kappa shape index (κ3) is 5.36. The van der Waals surface area contributed by atoms with Crippen LogP contribution in [0.5, 0.6) is 0 Å². The van der Waals surface area contributed by atoms with E-state index in [9.17, 15) is 19.5 Å².